The summed E-state index contributed by atoms with van der Waals surface area (Å²) in [4.78, 5) is 21.8. The van der Waals surface area contributed by atoms with E-state index in [4.69, 9.17) is 21.3 Å². The summed E-state index contributed by atoms with van der Waals surface area (Å²) in [6, 6.07) is 21.0. The number of aromatic nitrogens is 3. The highest BCUT2D eigenvalue weighted by atomic mass is 35.5. The SMILES string of the molecule is CCOc1ccc(NC(=O)c2ccc(Cn3c(SCc4ccc(F)cc4Cl)nc4ccncc43)cc2)cc1. The topological polar surface area (TPSA) is 69.0 Å². The van der Waals surface area contributed by atoms with Gasteiger partial charge in [-0.15, -0.1) is 0 Å². The number of imidazole rings is 1. The number of benzene rings is 3. The molecule has 5 rings (SSSR count). The fourth-order valence-electron chi connectivity index (χ4n) is 3.94. The number of hydrogen-bond acceptors (Lipinski definition) is 5. The minimum atomic E-state index is -0.362. The van der Waals surface area contributed by atoms with Crippen LogP contribution in [0.2, 0.25) is 5.02 Å². The van der Waals surface area contributed by atoms with Crippen LogP contribution in [0.3, 0.4) is 0 Å². The van der Waals surface area contributed by atoms with Crippen molar-refractivity contribution in [1.82, 2.24) is 14.5 Å². The molecule has 38 heavy (non-hydrogen) atoms. The van der Waals surface area contributed by atoms with Crippen molar-refractivity contribution in [2.45, 2.75) is 24.4 Å². The summed E-state index contributed by atoms with van der Waals surface area (Å²) in [5.41, 5.74) is 4.82. The zero-order chi connectivity index (χ0) is 26.5. The van der Waals surface area contributed by atoms with E-state index in [9.17, 15) is 9.18 Å². The maximum atomic E-state index is 13.4. The van der Waals surface area contributed by atoms with E-state index in [1.54, 1.807) is 18.5 Å². The zero-order valence-corrected chi connectivity index (χ0v) is 22.1. The van der Waals surface area contributed by atoms with Crippen LogP contribution in [0.1, 0.15) is 28.4 Å². The standard InChI is InChI=1S/C29H24ClFN4O2S/c1-2-37-24-11-9-23(10-12-24)33-28(36)20-5-3-19(4-6-20)17-35-27-16-32-14-13-26(27)34-29(35)38-18-21-7-8-22(31)15-25(21)30/h3-16H,2,17-18H2,1H3,(H,33,36). The van der Waals surface area contributed by atoms with Crippen LogP contribution in [0, 0.1) is 5.82 Å². The molecule has 0 radical (unpaired) electrons. The second-order valence-corrected chi connectivity index (χ2v) is 9.83. The lowest BCUT2D eigenvalue weighted by molar-refractivity contribution is 0.102. The van der Waals surface area contributed by atoms with Crippen molar-refractivity contribution in [2.24, 2.45) is 0 Å². The number of amides is 1. The third kappa shape index (κ3) is 5.98. The molecule has 0 spiro atoms. The van der Waals surface area contributed by atoms with Gasteiger partial charge < -0.3 is 14.6 Å². The molecular weight excluding hydrogens is 523 g/mol. The Hall–Kier alpha value is -3.88. The third-order valence-corrected chi connectivity index (χ3v) is 7.24. The van der Waals surface area contributed by atoms with Gasteiger partial charge in [-0.25, -0.2) is 9.37 Å². The first-order chi connectivity index (χ1) is 18.5. The molecule has 2 heterocycles. The quantitative estimate of drug-likeness (QED) is 0.198. The molecule has 3 aromatic carbocycles. The molecule has 192 valence electrons. The number of halogens is 2. The molecule has 0 atom stereocenters. The Kier molecular flexibility index (Phi) is 7.91. The van der Waals surface area contributed by atoms with Gasteiger partial charge in [0.05, 0.1) is 30.4 Å². The minimum Gasteiger partial charge on any atom is -0.494 e. The van der Waals surface area contributed by atoms with Crippen LogP contribution in [-0.2, 0) is 12.3 Å². The smallest absolute Gasteiger partial charge is 0.255 e. The molecule has 0 saturated carbocycles. The summed E-state index contributed by atoms with van der Waals surface area (Å²) >= 11 is 7.75. The molecule has 0 saturated heterocycles. The van der Waals surface area contributed by atoms with Crippen LogP contribution >= 0.6 is 23.4 Å². The van der Waals surface area contributed by atoms with E-state index in [-0.39, 0.29) is 11.7 Å². The van der Waals surface area contributed by atoms with Crippen LogP contribution < -0.4 is 10.1 Å². The Labute approximate surface area is 228 Å². The molecule has 2 aromatic heterocycles. The number of ether oxygens (including phenoxy) is 1. The van der Waals surface area contributed by atoms with Crippen molar-refractivity contribution in [2.75, 3.05) is 11.9 Å². The van der Waals surface area contributed by atoms with Gasteiger partial charge in [-0.1, -0.05) is 41.6 Å². The summed E-state index contributed by atoms with van der Waals surface area (Å²) in [6.07, 6.45) is 3.50. The fourth-order valence-corrected chi connectivity index (χ4v) is 5.27. The maximum Gasteiger partial charge on any atom is 0.255 e. The number of carbonyl (C=O) groups excluding carboxylic acids is 1. The van der Waals surface area contributed by atoms with Gasteiger partial charge in [-0.3, -0.25) is 9.78 Å². The molecule has 0 aliphatic carbocycles. The molecule has 0 unspecified atom stereocenters. The van der Waals surface area contributed by atoms with Gasteiger partial charge in [0.15, 0.2) is 5.16 Å². The van der Waals surface area contributed by atoms with Crippen molar-refractivity contribution < 1.29 is 13.9 Å². The highest BCUT2D eigenvalue weighted by Crippen LogP contribution is 2.30. The van der Waals surface area contributed by atoms with E-state index < -0.39 is 0 Å². The minimum absolute atomic E-state index is 0.189. The molecule has 9 heteroatoms. The number of thioether (sulfide) groups is 1. The van der Waals surface area contributed by atoms with E-state index in [1.807, 2.05) is 61.5 Å². The molecule has 1 amide bonds. The predicted octanol–water partition coefficient (Wildman–Crippen LogP) is 7.22. The lowest BCUT2D eigenvalue weighted by Crippen LogP contribution is -2.12. The number of hydrogen-bond donors (Lipinski definition) is 1. The molecule has 1 N–H and O–H groups in total. The van der Waals surface area contributed by atoms with Gasteiger partial charge in [0.1, 0.15) is 11.6 Å². The summed E-state index contributed by atoms with van der Waals surface area (Å²) in [6.45, 7) is 3.06. The maximum absolute atomic E-state index is 13.4. The normalized spacial score (nSPS) is 11.0. The van der Waals surface area contributed by atoms with Crippen molar-refractivity contribution in [3.8, 4) is 5.75 Å². The largest absolute Gasteiger partial charge is 0.494 e. The number of anilines is 1. The Morgan fingerprint density at radius 1 is 1.08 bits per heavy atom. The first kappa shape index (κ1) is 25.8. The summed E-state index contributed by atoms with van der Waals surface area (Å²) < 4.78 is 21.0. The number of rotatable bonds is 9. The van der Waals surface area contributed by atoms with E-state index in [2.05, 4.69) is 14.9 Å². The predicted molar refractivity (Wildman–Crippen MR) is 150 cm³/mol. The third-order valence-electron chi connectivity index (χ3n) is 5.87. The van der Waals surface area contributed by atoms with Crippen molar-refractivity contribution in [1.29, 1.82) is 0 Å². The van der Waals surface area contributed by atoms with Gasteiger partial charge in [0.25, 0.3) is 5.91 Å². The average Bonchev–Trinajstić information content (AvgIpc) is 3.27. The van der Waals surface area contributed by atoms with Gasteiger partial charge >= 0.3 is 0 Å². The number of fused-ring (bicyclic) bond motifs is 1. The molecule has 0 fully saturated rings. The van der Waals surface area contributed by atoms with E-state index in [1.165, 1.54) is 23.9 Å². The average molecular weight is 547 g/mol. The van der Waals surface area contributed by atoms with Crippen LogP contribution in [0.4, 0.5) is 10.1 Å². The van der Waals surface area contributed by atoms with Crippen LogP contribution in [0.15, 0.2) is 90.3 Å². The van der Waals surface area contributed by atoms with Gasteiger partial charge in [-0.2, -0.15) is 0 Å². The van der Waals surface area contributed by atoms with Crippen molar-refractivity contribution >= 4 is 46.0 Å². The highest BCUT2D eigenvalue weighted by Gasteiger charge is 2.14. The number of nitrogens with one attached hydrogen (secondary N) is 1. The number of carbonyl (C=O) groups is 1. The Morgan fingerprint density at radius 2 is 1.87 bits per heavy atom. The molecule has 0 bridgehead atoms. The highest BCUT2D eigenvalue weighted by molar-refractivity contribution is 7.98. The Morgan fingerprint density at radius 3 is 2.61 bits per heavy atom. The fraction of sp³-hybridized carbons (Fsp3) is 0.138. The first-order valence-corrected chi connectivity index (χ1v) is 13.4. The molecular formula is C29H24ClFN4O2S. The number of pyridine rings is 1. The second-order valence-electron chi connectivity index (χ2n) is 8.48. The lowest BCUT2D eigenvalue weighted by Gasteiger charge is -2.11. The first-order valence-electron chi connectivity index (χ1n) is 12.0. The Bertz CT molecular complexity index is 1570. The number of nitrogens with zero attached hydrogens (tertiary/aromatic N) is 3. The van der Waals surface area contributed by atoms with Crippen LogP contribution in [0.5, 0.6) is 5.75 Å². The second kappa shape index (κ2) is 11.7. The van der Waals surface area contributed by atoms with Crippen LogP contribution in [-0.4, -0.2) is 27.0 Å². The zero-order valence-electron chi connectivity index (χ0n) is 20.5. The monoisotopic (exact) mass is 546 g/mol. The Balaban J connectivity index is 1.31. The summed E-state index contributed by atoms with van der Waals surface area (Å²) in [7, 11) is 0. The molecule has 0 aliphatic rings. The van der Waals surface area contributed by atoms with E-state index in [0.717, 1.165) is 33.1 Å². The summed E-state index contributed by atoms with van der Waals surface area (Å²) in [5, 5.41) is 4.10. The van der Waals surface area contributed by atoms with Gasteiger partial charge in [0, 0.05) is 28.2 Å². The molecule has 0 aliphatic heterocycles. The van der Waals surface area contributed by atoms with Crippen LogP contribution in [0.25, 0.3) is 11.0 Å². The molecule has 6 nitrogen and oxygen atoms in total. The van der Waals surface area contributed by atoms with Gasteiger partial charge in [0.2, 0.25) is 0 Å². The molecule has 5 aromatic rings. The van der Waals surface area contributed by atoms with E-state index >= 15 is 0 Å². The van der Waals surface area contributed by atoms with Crippen molar-refractivity contribution in [3.63, 3.8) is 0 Å². The van der Waals surface area contributed by atoms with Crippen molar-refractivity contribution in [3.05, 3.63) is 113 Å². The lowest BCUT2D eigenvalue weighted by atomic mass is 10.1. The summed E-state index contributed by atoms with van der Waals surface area (Å²) in [5.74, 6) is 0.750. The van der Waals surface area contributed by atoms with Gasteiger partial charge in [-0.05, 0) is 72.6 Å². The van der Waals surface area contributed by atoms with E-state index in [0.29, 0.717) is 35.2 Å².